The zero-order chi connectivity index (χ0) is 25.1. The lowest BCUT2D eigenvalue weighted by Gasteiger charge is -2.71. The second kappa shape index (κ2) is 7.12. The van der Waals surface area contributed by atoms with Gasteiger partial charge in [-0.25, -0.2) is 0 Å². The Morgan fingerprint density at radius 3 is 2.24 bits per heavy atom. The van der Waals surface area contributed by atoms with E-state index in [4.69, 9.17) is 0 Å². The first kappa shape index (κ1) is 24.8. The van der Waals surface area contributed by atoms with Gasteiger partial charge in [-0.05, 0) is 104 Å². The van der Waals surface area contributed by atoms with Crippen LogP contribution in [0.5, 0.6) is 0 Å². The highest BCUT2D eigenvalue weighted by Crippen LogP contribution is 2.76. The SMILES string of the molecule is C[C@@H]1CC[C@]2(C(=O)O)CC[C@]3(C)C(=CC[C@H]4[C@@]5(C)CC[C@H](O)C(C)(C)[C@@H]5CC[C@]43C)[C@@H]2[C@]1(C)O. The Morgan fingerprint density at radius 2 is 1.59 bits per heavy atom. The van der Waals surface area contributed by atoms with E-state index in [2.05, 4.69) is 47.6 Å². The summed E-state index contributed by atoms with van der Waals surface area (Å²) in [5.74, 6) is 0.0848. The topological polar surface area (TPSA) is 77.8 Å². The fraction of sp³-hybridized carbons (Fsp3) is 0.900. The second-order valence-corrected chi connectivity index (χ2v) is 14.7. The standard InChI is InChI=1S/C30H48O4/c1-18-10-15-30(24(32)33)17-16-27(5)19(23(30)29(18,7)34)8-9-21-26(4)13-12-22(31)25(2,3)20(26)11-14-28(21,27)6/h8,18,20-23,31,34H,9-17H2,1-7H3,(H,32,33)/t18-,20+,21+,22+,23-,26+,27-,28-,29-,30+/m1/s1. The van der Waals surface area contributed by atoms with Crippen molar-refractivity contribution in [1.82, 2.24) is 0 Å². The van der Waals surface area contributed by atoms with Crippen LogP contribution in [0.4, 0.5) is 0 Å². The molecule has 5 rings (SSSR count). The second-order valence-electron chi connectivity index (χ2n) is 14.7. The summed E-state index contributed by atoms with van der Waals surface area (Å²) in [7, 11) is 0. The fourth-order valence-corrected chi connectivity index (χ4v) is 10.8. The number of fused-ring (bicyclic) bond motifs is 7. The highest BCUT2D eigenvalue weighted by atomic mass is 16.4. The highest BCUT2D eigenvalue weighted by molar-refractivity contribution is 5.77. The number of aliphatic hydroxyl groups excluding tert-OH is 1. The van der Waals surface area contributed by atoms with E-state index in [1.807, 2.05) is 6.92 Å². The molecule has 10 atom stereocenters. The number of aliphatic carboxylic acids is 1. The van der Waals surface area contributed by atoms with Crippen molar-refractivity contribution in [3.63, 3.8) is 0 Å². The number of aliphatic hydroxyl groups is 2. The summed E-state index contributed by atoms with van der Waals surface area (Å²) in [6, 6.07) is 0. The van der Waals surface area contributed by atoms with Gasteiger partial charge in [-0.3, -0.25) is 4.79 Å². The molecule has 0 aromatic heterocycles. The Balaban J connectivity index is 1.64. The van der Waals surface area contributed by atoms with Crippen molar-refractivity contribution in [1.29, 1.82) is 0 Å². The van der Waals surface area contributed by atoms with Crippen molar-refractivity contribution < 1.29 is 20.1 Å². The predicted molar refractivity (Wildman–Crippen MR) is 134 cm³/mol. The van der Waals surface area contributed by atoms with Crippen molar-refractivity contribution in [2.24, 2.45) is 50.7 Å². The monoisotopic (exact) mass is 472 g/mol. The molecular weight excluding hydrogens is 424 g/mol. The van der Waals surface area contributed by atoms with Crippen LogP contribution in [0.25, 0.3) is 0 Å². The fourth-order valence-electron chi connectivity index (χ4n) is 10.8. The number of hydrogen-bond acceptors (Lipinski definition) is 3. The minimum atomic E-state index is -1.01. The maximum absolute atomic E-state index is 12.8. The van der Waals surface area contributed by atoms with Gasteiger partial charge in [0.1, 0.15) is 0 Å². The number of rotatable bonds is 1. The summed E-state index contributed by atoms with van der Waals surface area (Å²) in [6.07, 6.45) is 10.3. The molecule has 5 aliphatic carbocycles. The van der Waals surface area contributed by atoms with E-state index < -0.39 is 17.0 Å². The van der Waals surface area contributed by atoms with Gasteiger partial charge in [0, 0.05) is 5.92 Å². The number of carboxylic acid groups (broad SMARTS) is 1. The average molecular weight is 473 g/mol. The lowest BCUT2D eigenvalue weighted by atomic mass is 9.33. The zero-order valence-corrected chi connectivity index (χ0v) is 22.6. The quantitative estimate of drug-likeness (QED) is 0.397. The van der Waals surface area contributed by atoms with E-state index in [1.54, 1.807) is 0 Å². The van der Waals surface area contributed by atoms with Crippen LogP contribution < -0.4 is 0 Å². The molecule has 0 amide bonds. The summed E-state index contributed by atoms with van der Waals surface area (Å²) in [5.41, 5.74) is -0.532. The van der Waals surface area contributed by atoms with Crippen molar-refractivity contribution in [2.45, 2.75) is 118 Å². The van der Waals surface area contributed by atoms with Gasteiger partial charge in [-0.15, -0.1) is 0 Å². The molecule has 0 heterocycles. The first-order valence-corrected chi connectivity index (χ1v) is 13.9. The van der Waals surface area contributed by atoms with Gasteiger partial charge >= 0.3 is 5.97 Å². The molecule has 0 spiro atoms. The van der Waals surface area contributed by atoms with E-state index in [0.29, 0.717) is 24.7 Å². The van der Waals surface area contributed by atoms with E-state index in [1.165, 1.54) is 5.57 Å². The molecule has 3 N–H and O–H groups in total. The molecule has 4 fully saturated rings. The first-order valence-electron chi connectivity index (χ1n) is 13.9. The normalized spacial score (nSPS) is 56.3. The lowest BCUT2D eigenvalue weighted by molar-refractivity contribution is -0.217. The number of carbonyl (C=O) groups is 1. The van der Waals surface area contributed by atoms with Gasteiger partial charge in [0.05, 0.1) is 17.1 Å². The number of allylic oxidation sites excluding steroid dienone is 1. The Hall–Kier alpha value is -0.870. The van der Waals surface area contributed by atoms with Crippen LogP contribution in [-0.2, 0) is 4.79 Å². The van der Waals surface area contributed by atoms with Crippen LogP contribution in [0, 0.1) is 50.7 Å². The third-order valence-corrected chi connectivity index (χ3v) is 13.5. The van der Waals surface area contributed by atoms with Crippen LogP contribution >= 0.6 is 0 Å². The molecule has 192 valence electrons. The Morgan fingerprint density at radius 1 is 0.912 bits per heavy atom. The van der Waals surface area contributed by atoms with Gasteiger partial charge in [0.2, 0.25) is 0 Å². The van der Waals surface area contributed by atoms with E-state index in [9.17, 15) is 20.1 Å². The lowest BCUT2D eigenvalue weighted by Crippen LogP contribution is -2.67. The van der Waals surface area contributed by atoms with Crippen molar-refractivity contribution in [3.05, 3.63) is 11.6 Å². The van der Waals surface area contributed by atoms with Gasteiger partial charge < -0.3 is 15.3 Å². The molecule has 34 heavy (non-hydrogen) atoms. The molecule has 0 bridgehead atoms. The Bertz CT molecular complexity index is 919. The molecule has 5 aliphatic rings. The molecular formula is C30H48O4. The van der Waals surface area contributed by atoms with E-state index in [-0.39, 0.29) is 39.6 Å². The van der Waals surface area contributed by atoms with Gasteiger partial charge in [0.15, 0.2) is 0 Å². The molecule has 0 aromatic carbocycles. The smallest absolute Gasteiger partial charge is 0.310 e. The summed E-state index contributed by atoms with van der Waals surface area (Å²) in [5, 5.41) is 33.3. The van der Waals surface area contributed by atoms with Crippen LogP contribution in [0.15, 0.2) is 11.6 Å². The summed E-state index contributed by atoms with van der Waals surface area (Å²) in [6.45, 7) is 16.0. The van der Waals surface area contributed by atoms with Crippen LogP contribution in [-0.4, -0.2) is 33.0 Å². The minimum Gasteiger partial charge on any atom is -0.481 e. The summed E-state index contributed by atoms with van der Waals surface area (Å²) in [4.78, 5) is 12.8. The third kappa shape index (κ3) is 2.71. The molecule has 0 saturated heterocycles. The summed E-state index contributed by atoms with van der Waals surface area (Å²) >= 11 is 0. The molecule has 4 heteroatoms. The molecule has 4 saturated carbocycles. The van der Waals surface area contributed by atoms with E-state index >= 15 is 0 Å². The third-order valence-electron chi connectivity index (χ3n) is 13.5. The van der Waals surface area contributed by atoms with Gasteiger partial charge in [-0.1, -0.05) is 53.2 Å². The van der Waals surface area contributed by atoms with Crippen molar-refractivity contribution >= 4 is 5.97 Å². The number of hydrogen-bond donors (Lipinski definition) is 3. The maximum atomic E-state index is 12.8. The maximum Gasteiger partial charge on any atom is 0.310 e. The first-order chi connectivity index (χ1) is 15.6. The molecule has 4 nitrogen and oxygen atoms in total. The molecule has 0 radical (unpaired) electrons. The average Bonchev–Trinajstić information content (AvgIpc) is 2.74. The van der Waals surface area contributed by atoms with Crippen LogP contribution in [0.3, 0.4) is 0 Å². The molecule has 0 unspecified atom stereocenters. The molecule has 0 aliphatic heterocycles. The van der Waals surface area contributed by atoms with E-state index in [0.717, 1.165) is 44.9 Å². The number of carboxylic acids is 1. The summed E-state index contributed by atoms with van der Waals surface area (Å²) < 4.78 is 0. The van der Waals surface area contributed by atoms with Crippen molar-refractivity contribution in [2.75, 3.05) is 0 Å². The van der Waals surface area contributed by atoms with Crippen molar-refractivity contribution in [3.8, 4) is 0 Å². The predicted octanol–water partition coefficient (Wildman–Crippen LogP) is 6.20. The Kier molecular flexibility index (Phi) is 5.20. The van der Waals surface area contributed by atoms with Gasteiger partial charge in [-0.2, -0.15) is 0 Å². The highest BCUT2D eigenvalue weighted by Gasteiger charge is 2.71. The minimum absolute atomic E-state index is 0.0716. The Labute approximate surface area is 206 Å². The van der Waals surface area contributed by atoms with Gasteiger partial charge in [0.25, 0.3) is 0 Å². The zero-order valence-electron chi connectivity index (χ0n) is 22.6. The van der Waals surface area contributed by atoms with Crippen LogP contribution in [0.1, 0.15) is 106 Å². The molecule has 0 aromatic rings. The largest absolute Gasteiger partial charge is 0.481 e. The van der Waals surface area contributed by atoms with Crippen LogP contribution in [0.2, 0.25) is 0 Å².